The summed E-state index contributed by atoms with van der Waals surface area (Å²) in [5.74, 6) is 0. The molecule has 0 N–H and O–H groups in total. The van der Waals surface area contributed by atoms with Crippen molar-refractivity contribution in [1.29, 1.82) is 0 Å². The highest BCUT2D eigenvalue weighted by molar-refractivity contribution is 7.16. The van der Waals surface area contributed by atoms with E-state index in [0.717, 1.165) is 29.6 Å². The van der Waals surface area contributed by atoms with Crippen LogP contribution in [0.5, 0.6) is 0 Å². The maximum atomic E-state index is 12.4. The molecule has 1 saturated heterocycles. The Bertz CT molecular complexity index is 716. The lowest BCUT2D eigenvalue weighted by Crippen LogP contribution is -2.26. The quantitative estimate of drug-likeness (QED) is 0.551. The molecule has 0 saturated carbocycles. The van der Waals surface area contributed by atoms with Gasteiger partial charge >= 0.3 is 4.87 Å². The van der Waals surface area contributed by atoms with Crippen molar-refractivity contribution >= 4 is 34.0 Å². The van der Waals surface area contributed by atoms with E-state index in [4.69, 9.17) is 0 Å². The zero-order valence-corrected chi connectivity index (χ0v) is 17.7. The van der Waals surface area contributed by atoms with E-state index in [1.165, 1.54) is 81.5 Å². The van der Waals surface area contributed by atoms with Crippen LogP contribution in [0.3, 0.4) is 0 Å². The molecule has 3 rings (SSSR count). The summed E-state index contributed by atoms with van der Waals surface area (Å²) in [5, 5.41) is 0. The smallest absolute Gasteiger partial charge is 0.303 e. The third kappa shape index (κ3) is 5.83. The van der Waals surface area contributed by atoms with Crippen molar-refractivity contribution in [2.75, 3.05) is 19.6 Å². The average Bonchev–Trinajstić information content (AvgIpc) is 2.78. The molecule has 0 spiro atoms. The van der Waals surface area contributed by atoms with Gasteiger partial charge in [0.25, 0.3) is 0 Å². The normalized spacial score (nSPS) is 15.7. The number of aromatic nitrogens is 1. The van der Waals surface area contributed by atoms with Gasteiger partial charge in [-0.1, -0.05) is 43.6 Å². The van der Waals surface area contributed by atoms with Gasteiger partial charge < -0.3 is 4.90 Å². The zero-order chi connectivity index (χ0) is 17.5. The molecule has 3 nitrogen and oxygen atoms in total. The fraction of sp³-hybridized carbons (Fsp3) is 0.667. The Hall–Kier alpha value is -0.840. The van der Waals surface area contributed by atoms with Gasteiger partial charge in [0.1, 0.15) is 0 Å². The van der Waals surface area contributed by atoms with E-state index < -0.39 is 0 Å². The molecule has 1 aliphatic rings. The Morgan fingerprint density at radius 1 is 1.00 bits per heavy atom. The third-order valence-corrected chi connectivity index (χ3v) is 6.30. The second-order valence-electron chi connectivity index (χ2n) is 7.39. The molecule has 0 amide bonds. The van der Waals surface area contributed by atoms with E-state index in [-0.39, 0.29) is 17.3 Å². The van der Waals surface area contributed by atoms with Crippen molar-refractivity contribution in [2.24, 2.45) is 0 Å². The van der Waals surface area contributed by atoms with Gasteiger partial charge in [-0.3, -0.25) is 9.36 Å². The predicted octanol–water partition coefficient (Wildman–Crippen LogP) is 5.48. The Morgan fingerprint density at radius 2 is 1.73 bits per heavy atom. The van der Waals surface area contributed by atoms with Crippen LogP contribution in [0.15, 0.2) is 23.0 Å². The number of nitrogens with zero attached hydrogens (tertiary/aromatic N) is 2. The van der Waals surface area contributed by atoms with Crippen molar-refractivity contribution < 1.29 is 0 Å². The van der Waals surface area contributed by atoms with Gasteiger partial charge in [-0.2, -0.15) is 0 Å². The third-order valence-electron chi connectivity index (χ3n) is 5.36. The van der Waals surface area contributed by atoms with Crippen LogP contribution in [0.4, 0.5) is 0 Å². The van der Waals surface area contributed by atoms with Crippen molar-refractivity contribution in [2.45, 2.75) is 71.3 Å². The van der Waals surface area contributed by atoms with Gasteiger partial charge in [0.2, 0.25) is 0 Å². The number of thiazole rings is 1. The lowest BCUT2D eigenvalue weighted by atomic mass is 10.1. The summed E-state index contributed by atoms with van der Waals surface area (Å²) >= 11 is 1.41. The minimum Gasteiger partial charge on any atom is -0.303 e. The molecular weight excluding hydrogens is 364 g/mol. The summed E-state index contributed by atoms with van der Waals surface area (Å²) in [6.07, 6.45) is 11.3. The minimum atomic E-state index is 0. The fourth-order valence-electron chi connectivity index (χ4n) is 3.82. The molecule has 0 atom stereocenters. The van der Waals surface area contributed by atoms with Crippen molar-refractivity contribution in [3.8, 4) is 0 Å². The SMILES string of the molecule is CCCCc1ccc2c(c1)sc(=O)n2CCCCN1CCCCCC1.Cl. The number of aryl methyl sites for hydroxylation is 2. The largest absolute Gasteiger partial charge is 0.308 e. The van der Waals surface area contributed by atoms with Crippen molar-refractivity contribution in [1.82, 2.24) is 9.47 Å². The van der Waals surface area contributed by atoms with E-state index in [9.17, 15) is 4.79 Å². The molecule has 1 aliphatic heterocycles. The minimum absolute atomic E-state index is 0. The van der Waals surface area contributed by atoms with Gasteiger partial charge in [0, 0.05) is 6.54 Å². The molecule has 0 aliphatic carbocycles. The van der Waals surface area contributed by atoms with E-state index in [0.29, 0.717) is 0 Å². The number of benzene rings is 1. The number of unbranched alkanes of at least 4 members (excludes halogenated alkanes) is 2. The number of hydrogen-bond acceptors (Lipinski definition) is 3. The number of hydrogen-bond donors (Lipinski definition) is 0. The van der Waals surface area contributed by atoms with Crippen LogP contribution < -0.4 is 4.87 Å². The van der Waals surface area contributed by atoms with Crippen LogP contribution in [0, 0.1) is 0 Å². The molecule has 0 unspecified atom stereocenters. The number of fused-ring (bicyclic) bond motifs is 1. The monoisotopic (exact) mass is 396 g/mol. The molecule has 146 valence electrons. The fourth-order valence-corrected chi connectivity index (χ4v) is 4.81. The van der Waals surface area contributed by atoms with Gasteiger partial charge in [-0.25, -0.2) is 0 Å². The second kappa shape index (κ2) is 11.1. The number of rotatable bonds is 8. The van der Waals surface area contributed by atoms with Crippen LogP contribution >= 0.6 is 23.7 Å². The summed E-state index contributed by atoms with van der Waals surface area (Å²) in [4.78, 5) is 15.2. The first-order valence-corrected chi connectivity index (χ1v) is 10.9. The second-order valence-corrected chi connectivity index (χ2v) is 8.38. The molecule has 0 radical (unpaired) electrons. The first-order valence-electron chi connectivity index (χ1n) is 10.1. The maximum absolute atomic E-state index is 12.4. The van der Waals surface area contributed by atoms with Gasteiger partial charge in [0.05, 0.1) is 10.2 Å². The van der Waals surface area contributed by atoms with E-state index >= 15 is 0 Å². The standard InChI is InChI=1S/C21H32N2OS.ClH/c1-2-3-10-18-11-12-19-20(17-18)25-21(24)23(19)16-9-8-15-22-13-6-4-5-7-14-22;/h11-12,17H,2-10,13-16H2,1H3;1H. The van der Waals surface area contributed by atoms with Gasteiger partial charge in [-0.15, -0.1) is 12.4 Å². The lowest BCUT2D eigenvalue weighted by Gasteiger charge is -2.19. The van der Waals surface area contributed by atoms with E-state index in [2.05, 4.69) is 30.0 Å². The Balaban J connectivity index is 0.00000243. The summed E-state index contributed by atoms with van der Waals surface area (Å²) in [6.45, 7) is 6.81. The van der Waals surface area contributed by atoms with E-state index in [1.54, 1.807) is 0 Å². The summed E-state index contributed by atoms with van der Waals surface area (Å²) < 4.78 is 3.15. The lowest BCUT2D eigenvalue weighted by molar-refractivity contribution is 0.277. The molecule has 1 aromatic carbocycles. The van der Waals surface area contributed by atoms with Crippen LogP contribution in [-0.4, -0.2) is 29.1 Å². The van der Waals surface area contributed by atoms with Crippen LogP contribution in [0.2, 0.25) is 0 Å². The van der Waals surface area contributed by atoms with Crippen molar-refractivity contribution in [3.05, 3.63) is 33.4 Å². The average molecular weight is 397 g/mol. The molecule has 5 heteroatoms. The highest BCUT2D eigenvalue weighted by Gasteiger charge is 2.10. The zero-order valence-electron chi connectivity index (χ0n) is 16.0. The van der Waals surface area contributed by atoms with Crippen LogP contribution in [0.25, 0.3) is 10.2 Å². The summed E-state index contributed by atoms with van der Waals surface area (Å²) in [7, 11) is 0. The van der Waals surface area contributed by atoms with Gasteiger partial charge in [0.15, 0.2) is 0 Å². The molecule has 0 bridgehead atoms. The topological polar surface area (TPSA) is 25.2 Å². The molecular formula is C21H33ClN2OS. The maximum Gasteiger partial charge on any atom is 0.308 e. The summed E-state index contributed by atoms with van der Waals surface area (Å²) in [5.41, 5.74) is 2.49. The Labute approximate surface area is 167 Å². The highest BCUT2D eigenvalue weighted by Crippen LogP contribution is 2.21. The Kier molecular flexibility index (Phi) is 9.17. The number of likely N-dealkylation sites (tertiary alicyclic amines) is 1. The van der Waals surface area contributed by atoms with Crippen molar-refractivity contribution in [3.63, 3.8) is 0 Å². The molecule has 2 aromatic rings. The first-order chi connectivity index (χ1) is 12.3. The molecule has 1 aromatic heterocycles. The van der Waals surface area contributed by atoms with E-state index in [1.807, 2.05) is 4.57 Å². The number of halogens is 1. The summed E-state index contributed by atoms with van der Waals surface area (Å²) in [6, 6.07) is 6.59. The predicted molar refractivity (Wildman–Crippen MR) is 116 cm³/mol. The molecule has 2 heterocycles. The first kappa shape index (κ1) is 21.5. The molecule has 1 fully saturated rings. The highest BCUT2D eigenvalue weighted by atomic mass is 35.5. The molecule has 26 heavy (non-hydrogen) atoms. The Morgan fingerprint density at radius 3 is 2.46 bits per heavy atom. The van der Waals surface area contributed by atoms with Gasteiger partial charge in [-0.05, 0) is 75.9 Å². The van der Waals surface area contributed by atoms with Crippen LogP contribution in [-0.2, 0) is 13.0 Å². The van der Waals surface area contributed by atoms with Crippen LogP contribution in [0.1, 0.15) is 63.9 Å².